The van der Waals surface area contributed by atoms with Gasteiger partial charge in [0.05, 0.1) is 25.3 Å². The van der Waals surface area contributed by atoms with Crippen molar-refractivity contribution in [1.82, 2.24) is 10.2 Å². The molecule has 1 amide bonds. The average molecular weight is 673 g/mol. The Hall–Kier alpha value is -3.40. The highest BCUT2D eigenvalue weighted by Crippen LogP contribution is 2.38. The standard InChI is InChI=1S/C14H14F3NO3.C9H6ClF3O2.C5H11NO2.CH4/c1-21-12-3-2-9(8-11(12)14(15,16)17)13(20)18-6-4-10(19)5-7-18;1-15-7-3-2-5(8(10)14)4-6(7)9(11,12)13;7-5(8)1-3-6-4-2-5;/h2-3,8H,4-7H2,1H3;2-4H,1H3;6-8H,1-4H2;1H4. The van der Waals surface area contributed by atoms with Gasteiger partial charge in [0.25, 0.3) is 11.1 Å². The Morgan fingerprint density at radius 2 is 1.27 bits per heavy atom. The van der Waals surface area contributed by atoms with Gasteiger partial charge in [-0.2, -0.15) is 26.3 Å². The fourth-order valence-corrected chi connectivity index (χ4v) is 4.20. The minimum atomic E-state index is -4.60. The summed E-state index contributed by atoms with van der Waals surface area (Å²) in [5.74, 6) is -2.50. The fourth-order valence-electron chi connectivity index (χ4n) is 4.08. The molecule has 2 aliphatic heterocycles. The third-order valence-electron chi connectivity index (χ3n) is 6.50. The van der Waals surface area contributed by atoms with Crippen LogP contribution in [0.4, 0.5) is 26.3 Å². The molecule has 0 saturated carbocycles. The zero-order valence-electron chi connectivity index (χ0n) is 23.6. The van der Waals surface area contributed by atoms with Crippen molar-refractivity contribution in [3.05, 3.63) is 58.7 Å². The fraction of sp³-hybridized carbons (Fsp3) is 0.483. The molecule has 4 rings (SSSR count). The second kappa shape index (κ2) is 16.8. The molecule has 0 bridgehead atoms. The van der Waals surface area contributed by atoms with E-state index >= 15 is 0 Å². The summed E-state index contributed by atoms with van der Waals surface area (Å²) in [4.78, 5) is 35.4. The van der Waals surface area contributed by atoms with E-state index in [9.17, 15) is 40.7 Å². The molecule has 2 saturated heterocycles. The van der Waals surface area contributed by atoms with Crippen molar-refractivity contribution in [2.45, 2.75) is 51.2 Å². The maximum Gasteiger partial charge on any atom is 0.419 e. The lowest BCUT2D eigenvalue weighted by Crippen LogP contribution is -2.41. The number of amides is 1. The molecule has 0 unspecified atom stereocenters. The first kappa shape index (κ1) is 39.6. The third kappa shape index (κ3) is 12.1. The largest absolute Gasteiger partial charge is 0.496 e. The summed E-state index contributed by atoms with van der Waals surface area (Å²) in [6.07, 6.45) is -7.78. The number of nitrogens with zero attached hydrogens (tertiary/aromatic N) is 1. The number of halogens is 7. The van der Waals surface area contributed by atoms with Crippen LogP contribution in [0.1, 0.15) is 65.0 Å². The van der Waals surface area contributed by atoms with Gasteiger partial charge in [0.1, 0.15) is 17.3 Å². The molecule has 2 heterocycles. The normalized spacial score (nSPS) is 16.2. The highest BCUT2D eigenvalue weighted by molar-refractivity contribution is 6.67. The third-order valence-corrected chi connectivity index (χ3v) is 6.71. The molecular weight excluding hydrogens is 638 g/mol. The summed E-state index contributed by atoms with van der Waals surface area (Å²) in [5, 5.41) is 19.9. The van der Waals surface area contributed by atoms with Crippen LogP contribution in [0.3, 0.4) is 0 Å². The van der Waals surface area contributed by atoms with Gasteiger partial charge in [-0.25, -0.2) is 0 Å². The summed E-state index contributed by atoms with van der Waals surface area (Å²) < 4.78 is 85.3. The molecule has 2 aromatic carbocycles. The van der Waals surface area contributed by atoms with Gasteiger partial charge in [0, 0.05) is 63.0 Å². The number of aliphatic hydroxyl groups is 2. The van der Waals surface area contributed by atoms with Gasteiger partial charge >= 0.3 is 12.4 Å². The smallest absolute Gasteiger partial charge is 0.419 e. The number of methoxy groups -OCH3 is 2. The van der Waals surface area contributed by atoms with E-state index in [1.54, 1.807) is 0 Å². The van der Waals surface area contributed by atoms with Gasteiger partial charge in [-0.15, -0.1) is 0 Å². The van der Waals surface area contributed by atoms with Crippen molar-refractivity contribution >= 4 is 28.5 Å². The number of benzene rings is 2. The quantitative estimate of drug-likeness (QED) is 0.227. The Balaban J connectivity index is 0.000000367. The maximum atomic E-state index is 12.9. The summed E-state index contributed by atoms with van der Waals surface area (Å²) in [7, 11) is 2.26. The van der Waals surface area contributed by atoms with E-state index < -0.39 is 40.4 Å². The van der Waals surface area contributed by atoms with Crippen LogP contribution >= 0.6 is 11.6 Å². The molecule has 2 aliphatic rings. The van der Waals surface area contributed by atoms with E-state index in [4.69, 9.17) is 21.8 Å². The van der Waals surface area contributed by atoms with Gasteiger partial charge in [-0.1, -0.05) is 7.43 Å². The number of nitrogens with one attached hydrogen (secondary N) is 1. The summed E-state index contributed by atoms with van der Waals surface area (Å²) in [5.41, 5.74) is -2.28. The number of ketones is 1. The van der Waals surface area contributed by atoms with Crippen LogP contribution in [0.25, 0.3) is 0 Å². The van der Waals surface area contributed by atoms with Gasteiger partial charge < -0.3 is 29.9 Å². The lowest BCUT2D eigenvalue weighted by atomic mass is 10.1. The van der Waals surface area contributed by atoms with Crippen LogP contribution in [0.15, 0.2) is 36.4 Å². The lowest BCUT2D eigenvalue weighted by Gasteiger charge is -2.26. The molecule has 252 valence electrons. The van der Waals surface area contributed by atoms with Gasteiger partial charge in [0.15, 0.2) is 5.79 Å². The first-order valence-corrected chi connectivity index (χ1v) is 13.4. The van der Waals surface area contributed by atoms with Gasteiger partial charge in [-0.3, -0.25) is 14.4 Å². The summed E-state index contributed by atoms with van der Waals surface area (Å²) >= 11 is 5.07. The van der Waals surface area contributed by atoms with Crippen LogP contribution < -0.4 is 14.8 Å². The van der Waals surface area contributed by atoms with Crippen molar-refractivity contribution in [2.75, 3.05) is 40.4 Å². The van der Waals surface area contributed by atoms with E-state index in [0.717, 1.165) is 32.4 Å². The average Bonchev–Trinajstić information content (AvgIpc) is 2.96. The number of carbonyl (C=O) groups is 3. The molecule has 0 aliphatic carbocycles. The van der Waals surface area contributed by atoms with E-state index in [0.29, 0.717) is 32.0 Å². The predicted octanol–water partition coefficient (Wildman–Crippen LogP) is 5.30. The summed E-state index contributed by atoms with van der Waals surface area (Å²) in [6.45, 7) is 1.91. The minimum Gasteiger partial charge on any atom is -0.496 e. The first-order chi connectivity index (χ1) is 20.4. The van der Waals surface area contributed by atoms with Crippen LogP contribution in [0.2, 0.25) is 0 Å². The Bertz CT molecular complexity index is 1300. The van der Waals surface area contributed by atoms with Crippen LogP contribution in [-0.2, 0) is 17.1 Å². The van der Waals surface area contributed by atoms with E-state index in [-0.39, 0.29) is 61.8 Å². The number of alkyl halides is 6. The Kier molecular flexibility index (Phi) is 14.8. The molecule has 0 radical (unpaired) electrons. The van der Waals surface area contributed by atoms with Crippen molar-refractivity contribution in [3.63, 3.8) is 0 Å². The monoisotopic (exact) mass is 672 g/mol. The Morgan fingerprint density at radius 1 is 0.844 bits per heavy atom. The molecule has 2 fully saturated rings. The van der Waals surface area contributed by atoms with E-state index in [2.05, 4.69) is 14.8 Å². The maximum absolute atomic E-state index is 12.9. The zero-order valence-corrected chi connectivity index (χ0v) is 24.4. The second-order valence-electron chi connectivity index (χ2n) is 9.66. The van der Waals surface area contributed by atoms with Crippen molar-refractivity contribution in [2.24, 2.45) is 0 Å². The zero-order chi connectivity index (χ0) is 33.3. The number of Topliss-reactive ketones (excluding diaryl/α,β-unsaturated/α-hetero) is 1. The van der Waals surface area contributed by atoms with Crippen LogP contribution in [0.5, 0.6) is 11.5 Å². The second-order valence-corrected chi connectivity index (χ2v) is 10.0. The molecule has 0 spiro atoms. The van der Waals surface area contributed by atoms with Gasteiger partial charge in [0.2, 0.25) is 0 Å². The molecular formula is C29H35ClF6N2O7. The number of piperidine rings is 2. The molecule has 0 aromatic heterocycles. The molecule has 45 heavy (non-hydrogen) atoms. The number of rotatable bonds is 4. The minimum absolute atomic E-state index is 0. The van der Waals surface area contributed by atoms with Crippen molar-refractivity contribution < 1.29 is 60.4 Å². The molecule has 9 nitrogen and oxygen atoms in total. The van der Waals surface area contributed by atoms with Crippen molar-refractivity contribution in [3.8, 4) is 11.5 Å². The highest BCUT2D eigenvalue weighted by Gasteiger charge is 2.36. The number of hydrogen-bond acceptors (Lipinski definition) is 8. The van der Waals surface area contributed by atoms with Crippen molar-refractivity contribution in [1.29, 1.82) is 0 Å². The van der Waals surface area contributed by atoms with Crippen LogP contribution in [-0.4, -0.2) is 78.2 Å². The molecule has 16 heteroatoms. The van der Waals surface area contributed by atoms with Gasteiger partial charge in [-0.05, 0) is 48.0 Å². The molecule has 2 aromatic rings. The lowest BCUT2D eigenvalue weighted by molar-refractivity contribution is -0.175. The number of ether oxygens (including phenoxy) is 2. The Morgan fingerprint density at radius 3 is 1.62 bits per heavy atom. The Labute approximate surface area is 261 Å². The number of likely N-dealkylation sites (tertiary alicyclic amines) is 1. The first-order valence-electron chi connectivity index (χ1n) is 13.1. The highest BCUT2D eigenvalue weighted by atomic mass is 35.5. The van der Waals surface area contributed by atoms with Crippen LogP contribution in [0, 0.1) is 0 Å². The number of hydrogen-bond donors (Lipinski definition) is 3. The topological polar surface area (TPSA) is 125 Å². The predicted molar refractivity (Wildman–Crippen MR) is 152 cm³/mol. The SMILES string of the molecule is C.COc1ccc(C(=O)Cl)cc1C(F)(F)F.COc1ccc(C(=O)N2CCC(=O)CC2)cc1C(F)(F)F.OC1(O)CCNCC1. The summed E-state index contributed by atoms with van der Waals surface area (Å²) in [6, 6.07) is 6.10. The number of carbonyl (C=O) groups excluding carboxylic acids is 3. The van der Waals surface area contributed by atoms with E-state index in [1.165, 1.54) is 17.0 Å². The molecule has 0 atom stereocenters. The molecule has 3 N–H and O–H groups in total. The van der Waals surface area contributed by atoms with E-state index in [1.807, 2.05) is 0 Å².